The molecule has 0 atom stereocenters. The number of carboxylic acid groups (broad SMARTS) is 1. The number of aromatic carboxylic acids is 1. The third kappa shape index (κ3) is 4.12. The lowest BCUT2D eigenvalue weighted by Gasteiger charge is -2.06. The van der Waals surface area contributed by atoms with E-state index in [4.69, 9.17) is 5.11 Å². The molecular weight excluding hydrogens is 336 g/mol. The van der Waals surface area contributed by atoms with Gasteiger partial charge in [0.1, 0.15) is 0 Å². The van der Waals surface area contributed by atoms with Crippen LogP contribution < -0.4 is 0 Å². The second-order valence-electron chi connectivity index (χ2n) is 4.59. The normalized spacial score (nSPS) is 10.5. The molecule has 0 aliphatic rings. The largest absolute Gasteiger partial charge is 0.478 e. The Kier molecular flexibility index (Phi) is 5.26. The van der Waals surface area contributed by atoms with E-state index in [1.54, 1.807) is 12.1 Å². The topological polar surface area (TPSA) is 37.3 Å². The van der Waals surface area contributed by atoms with E-state index >= 15 is 0 Å². The maximum absolute atomic E-state index is 10.9. The third-order valence-corrected chi connectivity index (χ3v) is 4.70. The Morgan fingerprint density at radius 1 is 1.20 bits per heavy atom. The summed E-state index contributed by atoms with van der Waals surface area (Å²) in [5.74, 6) is 0.910. The molecule has 1 N–H and O–H groups in total. The fraction of sp³-hybridized carbons (Fsp3) is 0.188. The van der Waals surface area contributed by atoms with Crippen LogP contribution in [0.3, 0.4) is 0 Å². The molecule has 0 saturated carbocycles. The van der Waals surface area contributed by atoms with Crippen molar-refractivity contribution in [1.82, 2.24) is 0 Å². The molecule has 0 aliphatic carbocycles. The highest BCUT2D eigenvalue weighted by molar-refractivity contribution is 9.10. The van der Waals surface area contributed by atoms with Crippen LogP contribution in [-0.4, -0.2) is 11.1 Å². The summed E-state index contributed by atoms with van der Waals surface area (Å²) < 4.78 is 0.856. The Hall–Kier alpha value is -1.26. The predicted octanol–water partition coefficient (Wildman–Crippen LogP) is 4.89. The average Bonchev–Trinajstić information content (AvgIpc) is 2.40. The summed E-state index contributed by atoms with van der Waals surface area (Å²) in [6.07, 6.45) is 0. The highest BCUT2D eigenvalue weighted by Gasteiger charge is 2.06. The standard InChI is InChI=1S/C16H15BrO2S/c1-11-3-2-4-12(7-11)9-20-10-14-6-5-13(16(18)19)8-15(14)17/h2-8H,9-10H2,1H3,(H,18,19). The average molecular weight is 351 g/mol. The highest BCUT2D eigenvalue weighted by Crippen LogP contribution is 2.25. The minimum absolute atomic E-state index is 0.310. The van der Waals surface area contributed by atoms with Gasteiger partial charge in [-0.15, -0.1) is 0 Å². The second kappa shape index (κ2) is 6.95. The molecule has 4 heteroatoms. The van der Waals surface area contributed by atoms with Gasteiger partial charge >= 0.3 is 5.97 Å². The van der Waals surface area contributed by atoms with Crippen LogP contribution in [0.2, 0.25) is 0 Å². The number of carbonyl (C=O) groups is 1. The van der Waals surface area contributed by atoms with Crippen LogP contribution in [0.15, 0.2) is 46.9 Å². The lowest BCUT2D eigenvalue weighted by Crippen LogP contribution is -1.97. The first kappa shape index (κ1) is 15.1. The van der Waals surface area contributed by atoms with E-state index in [1.807, 2.05) is 17.8 Å². The van der Waals surface area contributed by atoms with Crippen molar-refractivity contribution in [1.29, 1.82) is 0 Å². The number of thioether (sulfide) groups is 1. The molecule has 0 bridgehead atoms. The minimum Gasteiger partial charge on any atom is -0.478 e. The van der Waals surface area contributed by atoms with Crippen molar-refractivity contribution in [3.63, 3.8) is 0 Å². The monoisotopic (exact) mass is 350 g/mol. The Bertz CT molecular complexity index is 626. The molecule has 0 saturated heterocycles. The van der Waals surface area contributed by atoms with Gasteiger partial charge in [0.15, 0.2) is 0 Å². The molecule has 2 aromatic rings. The van der Waals surface area contributed by atoms with Gasteiger partial charge in [-0.3, -0.25) is 0 Å². The van der Waals surface area contributed by atoms with Crippen molar-refractivity contribution >= 4 is 33.7 Å². The number of aryl methyl sites for hydroxylation is 1. The summed E-state index contributed by atoms with van der Waals surface area (Å²) >= 11 is 5.26. The quantitative estimate of drug-likeness (QED) is 0.833. The van der Waals surface area contributed by atoms with Gasteiger partial charge < -0.3 is 5.11 Å². The van der Waals surface area contributed by atoms with Crippen molar-refractivity contribution in [3.05, 3.63) is 69.2 Å². The zero-order valence-electron chi connectivity index (χ0n) is 11.1. The second-order valence-corrected chi connectivity index (χ2v) is 6.43. The lowest BCUT2D eigenvalue weighted by atomic mass is 10.1. The van der Waals surface area contributed by atoms with Gasteiger partial charge in [-0.1, -0.05) is 51.8 Å². The van der Waals surface area contributed by atoms with Gasteiger partial charge in [0.25, 0.3) is 0 Å². The van der Waals surface area contributed by atoms with Crippen molar-refractivity contribution in [2.45, 2.75) is 18.4 Å². The first-order valence-corrected chi connectivity index (χ1v) is 8.16. The molecule has 0 aliphatic heterocycles. The number of benzene rings is 2. The number of rotatable bonds is 5. The van der Waals surface area contributed by atoms with Crippen LogP contribution in [0.5, 0.6) is 0 Å². The molecular formula is C16H15BrO2S. The molecule has 0 radical (unpaired) electrons. The smallest absolute Gasteiger partial charge is 0.335 e. The SMILES string of the molecule is Cc1cccc(CSCc2ccc(C(=O)O)cc2Br)c1. The summed E-state index contributed by atoms with van der Waals surface area (Å²) in [6, 6.07) is 13.7. The van der Waals surface area contributed by atoms with Crippen molar-refractivity contribution in [3.8, 4) is 0 Å². The predicted molar refractivity (Wildman–Crippen MR) is 87.3 cm³/mol. The Labute approximate surface area is 131 Å². The van der Waals surface area contributed by atoms with Crippen LogP contribution in [-0.2, 0) is 11.5 Å². The van der Waals surface area contributed by atoms with Gasteiger partial charge in [-0.05, 0) is 30.2 Å². The van der Waals surface area contributed by atoms with Crippen LogP contribution in [0.1, 0.15) is 27.0 Å². The Morgan fingerprint density at radius 2 is 2.00 bits per heavy atom. The van der Waals surface area contributed by atoms with Gasteiger partial charge in [-0.2, -0.15) is 11.8 Å². The van der Waals surface area contributed by atoms with Gasteiger partial charge in [0, 0.05) is 16.0 Å². The van der Waals surface area contributed by atoms with Crippen LogP contribution >= 0.6 is 27.7 Å². The summed E-state index contributed by atoms with van der Waals surface area (Å²) in [6.45, 7) is 2.09. The van der Waals surface area contributed by atoms with Crippen molar-refractivity contribution in [2.75, 3.05) is 0 Å². The molecule has 0 aromatic heterocycles. The number of hydrogen-bond acceptors (Lipinski definition) is 2. The molecule has 0 heterocycles. The maximum Gasteiger partial charge on any atom is 0.335 e. The van der Waals surface area contributed by atoms with Crippen molar-refractivity contribution < 1.29 is 9.90 Å². The molecule has 0 unspecified atom stereocenters. The summed E-state index contributed by atoms with van der Waals surface area (Å²) in [4.78, 5) is 10.9. The number of hydrogen-bond donors (Lipinski definition) is 1. The molecule has 2 nitrogen and oxygen atoms in total. The third-order valence-electron chi connectivity index (χ3n) is 2.91. The van der Waals surface area contributed by atoms with E-state index < -0.39 is 5.97 Å². The fourth-order valence-corrected chi connectivity index (χ4v) is 3.57. The van der Waals surface area contributed by atoms with Gasteiger partial charge in [0.05, 0.1) is 5.56 Å². The van der Waals surface area contributed by atoms with Crippen molar-refractivity contribution in [2.24, 2.45) is 0 Å². The number of carboxylic acids is 1. The first-order chi connectivity index (χ1) is 9.56. The molecule has 20 heavy (non-hydrogen) atoms. The highest BCUT2D eigenvalue weighted by atomic mass is 79.9. The maximum atomic E-state index is 10.9. The zero-order valence-corrected chi connectivity index (χ0v) is 13.5. The minimum atomic E-state index is -0.898. The molecule has 0 fully saturated rings. The van der Waals surface area contributed by atoms with E-state index in [0.717, 1.165) is 21.5 Å². The Balaban J connectivity index is 1.96. The van der Waals surface area contributed by atoms with E-state index in [2.05, 4.69) is 47.1 Å². The first-order valence-electron chi connectivity index (χ1n) is 6.21. The number of halogens is 1. The van der Waals surface area contributed by atoms with Crippen LogP contribution in [0.25, 0.3) is 0 Å². The molecule has 0 spiro atoms. The molecule has 104 valence electrons. The van der Waals surface area contributed by atoms with E-state index in [0.29, 0.717) is 5.56 Å². The van der Waals surface area contributed by atoms with Crippen LogP contribution in [0.4, 0.5) is 0 Å². The van der Waals surface area contributed by atoms with Gasteiger partial charge in [-0.25, -0.2) is 4.79 Å². The zero-order chi connectivity index (χ0) is 14.5. The molecule has 2 aromatic carbocycles. The van der Waals surface area contributed by atoms with E-state index in [1.165, 1.54) is 11.1 Å². The molecule has 2 rings (SSSR count). The summed E-state index contributed by atoms with van der Waals surface area (Å²) in [7, 11) is 0. The van der Waals surface area contributed by atoms with Gasteiger partial charge in [0.2, 0.25) is 0 Å². The summed E-state index contributed by atoms with van der Waals surface area (Å²) in [5, 5.41) is 8.92. The molecule has 0 amide bonds. The summed E-state index contributed by atoms with van der Waals surface area (Å²) in [5.41, 5.74) is 4.01. The van der Waals surface area contributed by atoms with E-state index in [-0.39, 0.29) is 0 Å². The Morgan fingerprint density at radius 3 is 2.65 bits per heavy atom. The lowest BCUT2D eigenvalue weighted by molar-refractivity contribution is 0.0697. The van der Waals surface area contributed by atoms with E-state index in [9.17, 15) is 4.79 Å². The fourth-order valence-electron chi connectivity index (χ4n) is 1.88. The van der Waals surface area contributed by atoms with Crippen LogP contribution in [0, 0.1) is 6.92 Å².